The number of anilines is 1. The minimum atomic E-state index is -0.386. The van der Waals surface area contributed by atoms with Crippen LogP contribution in [-0.4, -0.2) is 17.5 Å². The average molecular weight is 364 g/mol. The van der Waals surface area contributed by atoms with Crippen molar-refractivity contribution in [3.05, 3.63) is 81.4 Å². The maximum atomic E-state index is 12.4. The molecule has 0 amide bonds. The van der Waals surface area contributed by atoms with Crippen molar-refractivity contribution in [2.75, 3.05) is 11.9 Å². The van der Waals surface area contributed by atoms with Gasteiger partial charge in [0.2, 0.25) is 0 Å². The second-order valence-electron chi connectivity index (χ2n) is 6.78. The summed E-state index contributed by atoms with van der Waals surface area (Å²) in [5.41, 5.74) is 2.96. The molecule has 6 nitrogen and oxygen atoms in total. The number of nitrogens with one attached hydrogen (secondary N) is 1. The number of benzene rings is 2. The van der Waals surface area contributed by atoms with E-state index in [0.29, 0.717) is 23.4 Å². The van der Waals surface area contributed by atoms with Crippen LogP contribution < -0.4 is 5.32 Å². The first-order valence-electron chi connectivity index (χ1n) is 9.08. The fraction of sp³-hybridized carbons (Fsp3) is 0.286. The van der Waals surface area contributed by atoms with Crippen LogP contribution in [0, 0.1) is 16.0 Å². The van der Waals surface area contributed by atoms with E-state index in [9.17, 15) is 14.9 Å². The Bertz CT molecular complexity index is 938. The highest BCUT2D eigenvalue weighted by Crippen LogP contribution is 2.51. The molecule has 0 aromatic heterocycles. The van der Waals surface area contributed by atoms with Gasteiger partial charge < -0.3 is 10.1 Å². The lowest BCUT2D eigenvalue weighted by atomic mass is 9.76. The number of nitrogens with zero attached hydrogens (tertiary/aromatic N) is 1. The zero-order valence-electron chi connectivity index (χ0n) is 14.9. The summed E-state index contributed by atoms with van der Waals surface area (Å²) in [6, 6.07) is 12.2. The largest absolute Gasteiger partial charge is 0.462 e. The van der Waals surface area contributed by atoms with Gasteiger partial charge in [0.15, 0.2) is 0 Å². The molecule has 1 heterocycles. The first-order chi connectivity index (χ1) is 13.1. The Morgan fingerprint density at radius 3 is 2.78 bits per heavy atom. The van der Waals surface area contributed by atoms with Crippen LogP contribution in [0.15, 0.2) is 54.6 Å². The molecule has 4 rings (SSSR count). The van der Waals surface area contributed by atoms with Crippen LogP contribution in [0.25, 0.3) is 0 Å². The molecular weight excluding hydrogens is 344 g/mol. The van der Waals surface area contributed by atoms with Crippen LogP contribution in [0.1, 0.15) is 46.8 Å². The van der Waals surface area contributed by atoms with E-state index >= 15 is 0 Å². The van der Waals surface area contributed by atoms with Gasteiger partial charge in [-0.05, 0) is 30.9 Å². The van der Waals surface area contributed by atoms with Crippen molar-refractivity contribution in [1.82, 2.24) is 0 Å². The number of nitro benzene ring substituents is 1. The van der Waals surface area contributed by atoms with Gasteiger partial charge in [-0.25, -0.2) is 4.79 Å². The number of esters is 1. The van der Waals surface area contributed by atoms with Gasteiger partial charge in [0.1, 0.15) is 0 Å². The molecule has 0 bridgehead atoms. The highest BCUT2D eigenvalue weighted by molar-refractivity contribution is 5.97. The van der Waals surface area contributed by atoms with Gasteiger partial charge in [-0.1, -0.05) is 42.5 Å². The lowest BCUT2D eigenvalue weighted by Gasteiger charge is -2.38. The smallest absolute Gasteiger partial charge is 0.340 e. The molecule has 1 aliphatic carbocycles. The highest BCUT2D eigenvalue weighted by atomic mass is 16.6. The van der Waals surface area contributed by atoms with Crippen molar-refractivity contribution >= 4 is 17.3 Å². The number of para-hydroxylation sites is 2. The summed E-state index contributed by atoms with van der Waals surface area (Å²) in [6.45, 7) is 2.06. The van der Waals surface area contributed by atoms with E-state index in [2.05, 4.69) is 17.5 Å². The number of ether oxygens (including phenoxy) is 1. The van der Waals surface area contributed by atoms with Gasteiger partial charge in [-0.2, -0.15) is 0 Å². The average Bonchev–Trinajstić information content (AvgIpc) is 3.17. The first-order valence-corrected chi connectivity index (χ1v) is 9.08. The summed E-state index contributed by atoms with van der Waals surface area (Å²) < 4.78 is 5.20. The minimum absolute atomic E-state index is 0.0951. The lowest BCUT2D eigenvalue weighted by molar-refractivity contribution is -0.385. The van der Waals surface area contributed by atoms with Crippen LogP contribution in [0.2, 0.25) is 0 Å². The Kier molecular flexibility index (Phi) is 4.39. The molecule has 0 saturated carbocycles. The summed E-state index contributed by atoms with van der Waals surface area (Å²) in [6.07, 6.45) is 5.09. The Morgan fingerprint density at radius 2 is 2.00 bits per heavy atom. The van der Waals surface area contributed by atoms with Gasteiger partial charge in [0.25, 0.3) is 5.69 Å². The third-order valence-corrected chi connectivity index (χ3v) is 5.36. The molecule has 1 N–H and O–H groups in total. The van der Waals surface area contributed by atoms with Crippen molar-refractivity contribution < 1.29 is 14.5 Å². The molecule has 0 saturated heterocycles. The molecule has 138 valence electrons. The van der Waals surface area contributed by atoms with E-state index in [1.165, 1.54) is 6.07 Å². The number of carbonyl (C=O) groups excluding carboxylic acids is 1. The van der Waals surface area contributed by atoms with Crippen molar-refractivity contribution in [2.45, 2.75) is 25.3 Å². The number of carbonyl (C=O) groups is 1. The Labute approximate surface area is 157 Å². The molecule has 2 aromatic carbocycles. The summed E-state index contributed by atoms with van der Waals surface area (Å²) in [4.78, 5) is 23.6. The van der Waals surface area contributed by atoms with Crippen LogP contribution in [0.3, 0.4) is 0 Å². The second-order valence-corrected chi connectivity index (χ2v) is 6.78. The maximum Gasteiger partial charge on any atom is 0.340 e. The molecular formula is C21H20N2O4. The number of allylic oxidation sites excluding steroid dienone is 2. The quantitative estimate of drug-likeness (QED) is 0.371. The molecule has 27 heavy (non-hydrogen) atoms. The predicted molar refractivity (Wildman–Crippen MR) is 102 cm³/mol. The summed E-state index contributed by atoms with van der Waals surface area (Å²) in [5, 5.41) is 15.0. The van der Waals surface area contributed by atoms with E-state index in [-0.39, 0.29) is 34.5 Å². The first kappa shape index (κ1) is 17.3. The van der Waals surface area contributed by atoms with E-state index < -0.39 is 0 Å². The zero-order chi connectivity index (χ0) is 19.0. The molecule has 0 spiro atoms. The van der Waals surface area contributed by atoms with E-state index in [4.69, 9.17) is 4.74 Å². The summed E-state index contributed by atoms with van der Waals surface area (Å²) >= 11 is 0. The highest BCUT2D eigenvalue weighted by Gasteiger charge is 2.41. The van der Waals surface area contributed by atoms with Gasteiger partial charge in [0.05, 0.1) is 34.4 Å². The van der Waals surface area contributed by atoms with E-state index in [1.807, 2.05) is 18.2 Å². The zero-order valence-corrected chi connectivity index (χ0v) is 14.9. The molecule has 0 unspecified atom stereocenters. The van der Waals surface area contributed by atoms with Crippen molar-refractivity contribution in [3.8, 4) is 0 Å². The second kappa shape index (κ2) is 6.87. The summed E-state index contributed by atoms with van der Waals surface area (Å²) in [5.74, 6) is -0.111. The number of rotatable bonds is 4. The molecule has 2 aromatic rings. The number of hydrogen-bond donors (Lipinski definition) is 1. The van der Waals surface area contributed by atoms with Gasteiger partial charge in [-0.15, -0.1) is 0 Å². The standard InChI is InChI=1S/C21H20N2O4/c1-2-27-21(24)17-11-6-10-15-13-8-5-9-14(13)19(22-20(15)17)16-7-3-4-12-18(16)23(25)26/h3-8,10-14,19,22H,2,9H2,1H3/t13-,14+,19+/m1/s1. The topological polar surface area (TPSA) is 81.5 Å². The minimum Gasteiger partial charge on any atom is -0.462 e. The molecule has 0 radical (unpaired) electrons. The van der Waals surface area contributed by atoms with Crippen LogP contribution >= 0.6 is 0 Å². The number of fused-ring (bicyclic) bond motifs is 3. The third-order valence-electron chi connectivity index (χ3n) is 5.36. The maximum absolute atomic E-state index is 12.4. The van der Waals surface area contributed by atoms with Crippen molar-refractivity contribution in [3.63, 3.8) is 0 Å². The fourth-order valence-corrected chi connectivity index (χ4v) is 4.23. The Hall–Kier alpha value is -3.15. The number of nitro groups is 1. The Balaban J connectivity index is 1.84. The van der Waals surface area contributed by atoms with Crippen LogP contribution in [0.4, 0.5) is 11.4 Å². The van der Waals surface area contributed by atoms with Crippen LogP contribution in [-0.2, 0) is 4.74 Å². The van der Waals surface area contributed by atoms with Crippen molar-refractivity contribution in [2.24, 2.45) is 5.92 Å². The Morgan fingerprint density at radius 1 is 1.22 bits per heavy atom. The molecule has 0 fully saturated rings. The molecule has 3 atom stereocenters. The van der Waals surface area contributed by atoms with Gasteiger partial charge in [0, 0.05) is 12.0 Å². The predicted octanol–water partition coefficient (Wildman–Crippen LogP) is 4.60. The van der Waals surface area contributed by atoms with Gasteiger partial charge in [-0.3, -0.25) is 10.1 Å². The van der Waals surface area contributed by atoms with Crippen molar-refractivity contribution in [1.29, 1.82) is 0 Å². The van der Waals surface area contributed by atoms with Crippen LogP contribution in [0.5, 0.6) is 0 Å². The molecule has 2 aliphatic rings. The molecule has 6 heteroatoms. The molecule has 1 aliphatic heterocycles. The normalized spacial score (nSPS) is 22.5. The van der Waals surface area contributed by atoms with Gasteiger partial charge >= 0.3 is 5.97 Å². The summed E-state index contributed by atoms with van der Waals surface area (Å²) in [7, 11) is 0. The van der Waals surface area contributed by atoms with E-state index in [1.54, 1.807) is 25.1 Å². The monoisotopic (exact) mass is 364 g/mol. The lowest BCUT2D eigenvalue weighted by Crippen LogP contribution is -2.31. The SMILES string of the molecule is CCOC(=O)c1cccc2c1N[C@H](c1ccccc1[N+](=O)[O-])[C@H]1CC=C[C@@H]21. The third kappa shape index (κ3) is 2.87. The number of hydrogen-bond acceptors (Lipinski definition) is 5. The van der Waals surface area contributed by atoms with E-state index in [0.717, 1.165) is 12.0 Å². The fourth-order valence-electron chi connectivity index (χ4n) is 4.23.